The van der Waals surface area contributed by atoms with E-state index in [0.29, 0.717) is 6.61 Å². The molecule has 3 fully saturated rings. The number of carbonyl (C=O) groups excluding carboxylic acids is 1. The number of nitrogens with one attached hydrogen (secondary N) is 1. The van der Waals surface area contributed by atoms with Crippen LogP contribution in [0.15, 0.2) is 4.99 Å². The molecule has 0 radical (unpaired) electrons. The van der Waals surface area contributed by atoms with Crippen LogP contribution < -0.4 is 5.32 Å². The summed E-state index contributed by atoms with van der Waals surface area (Å²) in [7, 11) is 3.53. The largest absolute Gasteiger partial charge is 0.376 e. The Balaban J connectivity index is 1.47. The molecule has 0 bridgehead atoms. The third kappa shape index (κ3) is 7.71. The van der Waals surface area contributed by atoms with Crippen molar-refractivity contribution in [2.45, 2.75) is 69.7 Å². The van der Waals surface area contributed by atoms with Crippen molar-refractivity contribution in [3.8, 4) is 0 Å². The summed E-state index contributed by atoms with van der Waals surface area (Å²) < 4.78 is 17.8. The van der Waals surface area contributed by atoms with Gasteiger partial charge in [-0.15, -0.1) is 0 Å². The fourth-order valence-electron chi connectivity index (χ4n) is 4.14. The van der Waals surface area contributed by atoms with Crippen LogP contribution in [0.1, 0.15) is 51.4 Å². The second-order valence-electron chi connectivity index (χ2n) is 8.81. The van der Waals surface area contributed by atoms with Gasteiger partial charge in [-0.2, -0.15) is 0 Å². The van der Waals surface area contributed by atoms with E-state index in [1.165, 1.54) is 19.3 Å². The number of carbonyl (C=O) groups is 1. The Labute approximate surface area is 181 Å². The van der Waals surface area contributed by atoms with Crippen LogP contribution in [0.4, 0.5) is 0 Å². The molecule has 8 nitrogen and oxygen atoms in total. The van der Waals surface area contributed by atoms with E-state index in [4.69, 9.17) is 14.2 Å². The normalized spacial score (nSPS) is 26.5. The highest BCUT2D eigenvalue weighted by atomic mass is 16.5. The summed E-state index contributed by atoms with van der Waals surface area (Å²) in [6.45, 7) is 5.08. The average molecular weight is 425 g/mol. The molecule has 0 saturated carbocycles. The lowest BCUT2D eigenvalue weighted by atomic mass is 10.1. The minimum absolute atomic E-state index is 0.00826. The molecule has 3 heterocycles. The van der Waals surface area contributed by atoms with E-state index in [-0.39, 0.29) is 30.8 Å². The third-order valence-electron chi connectivity index (χ3n) is 6.16. The molecule has 0 aromatic rings. The second kappa shape index (κ2) is 12.5. The first-order valence-corrected chi connectivity index (χ1v) is 11.7. The summed E-state index contributed by atoms with van der Waals surface area (Å²) in [6, 6.07) is 0. The van der Waals surface area contributed by atoms with Crippen molar-refractivity contribution >= 4 is 11.9 Å². The summed E-state index contributed by atoms with van der Waals surface area (Å²) in [5.41, 5.74) is 0. The number of hydrogen-bond acceptors (Lipinski definition) is 5. The number of ether oxygens (including phenoxy) is 3. The van der Waals surface area contributed by atoms with Crippen molar-refractivity contribution in [3.05, 3.63) is 0 Å². The van der Waals surface area contributed by atoms with Crippen molar-refractivity contribution < 1.29 is 19.0 Å². The number of piperidine rings is 1. The van der Waals surface area contributed by atoms with Gasteiger partial charge in [-0.05, 0) is 51.4 Å². The van der Waals surface area contributed by atoms with Crippen LogP contribution in [0.5, 0.6) is 0 Å². The number of likely N-dealkylation sites (N-methyl/N-ethyl adjacent to an activating group) is 1. The molecule has 2 atom stereocenters. The minimum Gasteiger partial charge on any atom is -0.376 e. The monoisotopic (exact) mass is 424 g/mol. The molecule has 1 amide bonds. The molecule has 1 N–H and O–H groups in total. The SMILES string of the molecule is CN(C)C(=O)CN=C(NCC1CCCCO1)N1CCC(OCC2CCCCO2)CC1. The van der Waals surface area contributed by atoms with Crippen LogP contribution >= 0.6 is 0 Å². The Morgan fingerprint density at radius 2 is 1.70 bits per heavy atom. The summed E-state index contributed by atoms with van der Waals surface area (Å²) in [4.78, 5) is 20.5. The molecule has 3 aliphatic heterocycles. The third-order valence-corrected chi connectivity index (χ3v) is 6.16. The highest BCUT2D eigenvalue weighted by molar-refractivity contribution is 5.84. The van der Waals surface area contributed by atoms with Crippen LogP contribution in [0, 0.1) is 0 Å². The number of hydrogen-bond donors (Lipinski definition) is 1. The highest BCUT2D eigenvalue weighted by Gasteiger charge is 2.25. The number of amides is 1. The van der Waals surface area contributed by atoms with Gasteiger partial charge in [0.1, 0.15) is 6.54 Å². The van der Waals surface area contributed by atoms with Crippen LogP contribution in [0.25, 0.3) is 0 Å². The fraction of sp³-hybridized carbons (Fsp3) is 0.909. The first-order chi connectivity index (χ1) is 14.6. The van der Waals surface area contributed by atoms with Gasteiger partial charge in [0.05, 0.1) is 24.9 Å². The number of likely N-dealkylation sites (tertiary alicyclic amines) is 1. The van der Waals surface area contributed by atoms with Crippen LogP contribution in [0.2, 0.25) is 0 Å². The Kier molecular flexibility index (Phi) is 9.68. The maximum atomic E-state index is 12.0. The molecule has 0 aliphatic carbocycles. The maximum Gasteiger partial charge on any atom is 0.243 e. The lowest BCUT2D eigenvalue weighted by Gasteiger charge is -2.35. The van der Waals surface area contributed by atoms with E-state index < -0.39 is 0 Å². The van der Waals surface area contributed by atoms with Crippen molar-refractivity contribution in [3.63, 3.8) is 0 Å². The smallest absolute Gasteiger partial charge is 0.243 e. The van der Waals surface area contributed by atoms with Crippen molar-refractivity contribution in [2.24, 2.45) is 4.99 Å². The molecular weight excluding hydrogens is 384 g/mol. The average Bonchev–Trinajstić information content (AvgIpc) is 2.79. The molecule has 8 heteroatoms. The molecule has 30 heavy (non-hydrogen) atoms. The van der Waals surface area contributed by atoms with Crippen LogP contribution in [-0.4, -0.2) is 100 Å². The predicted octanol–water partition coefficient (Wildman–Crippen LogP) is 1.64. The van der Waals surface area contributed by atoms with Gasteiger partial charge in [-0.3, -0.25) is 4.79 Å². The zero-order valence-electron chi connectivity index (χ0n) is 18.8. The molecule has 3 rings (SSSR count). The van der Waals surface area contributed by atoms with Crippen LogP contribution in [-0.2, 0) is 19.0 Å². The van der Waals surface area contributed by atoms with E-state index in [0.717, 1.165) is 70.9 Å². The van der Waals surface area contributed by atoms with Crippen molar-refractivity contribution in [1.29, 1.82) is 0 Å². The van der Waals surface area contributed by atoms with Crippen molar-refractivity contribution in [2.75, 3.05) is 60.1 Å². The zero-order valence-corrected chi connectivity index (χ0v) is 18.8. The van der Waals surface area contributed by atoms with E-state index in [2.05, 4.69) is 15.2 Å². The standard InChI is InChI=1S/C22H40N4O4/c1-25(2)21(27)16-24-22(23-15-19-7-3-5-13-28-19)26-11-9-18(10-12-26)30-17-20-8-4-6-14-29-20/h18-20H,3-17H2,1-2H3,(H,23,24). The lowest BCUT2D eigenvalue weighted by Crippen LogP contribution is -2.49. The molecular formula is C22H40N4O4. The van der Waals surface area contributed by atoms with Gasteiger partial charge in [0.15, 0.2) is 5.96 Å². The Hall–Kier alpha value is -1.38. The molecule has 3 aliphatic rings. The second-order valence-corrected chi connectivity index (χ2v) is 8.81. The number of guanidine groups is 1. The maximum absolute atomic E-state index is 12.0. The molecule has 0 aromatic heterocycles. The van der Waals surface area contributed by atoms with Gasteiger partial charge >= 0.3 is 0 Å². The van der Waals surface area contributed by atoms with E-state index >= 15 is 0 Å². The summed E-state index contributed by atoms with van der Waals surface area (Å²) >= 11 is 0. The Bertz CT molecular complexity index is 537. The van der Waals surface area contributed by atoms with Gasteiger partial charge in [-0.25, -0.2) is 4.99 Å². The molecule has 2 unspecified atom stereocenters. The molecule has 172 valence electrons. The fourth-order valence-corrected chi connectivity index (χ4v) is 4.14. The van der Waals surface area contributed by atoms with Gasteiger partial charge in [0, 0.05) is 46.9 Å². The lowest BCUT2D eigenvalue weighted by molar-refractivity contribution is -0.127. The number of rotatable bonds is 7. The van der Waals surface area contributed by atoms with Crippen molar-refractivity contribution in [1.82, 2.24) is 15.1 Å². The van der Waals surface area contributed by atoms with Crippen LogP contribution in [0.3, 0.4) is 0 Å². The molecule has 0 aromatic carbocycles. The zero-order chi connectivity index (χ0) is 21.2. The Morgan fingerprint density at radius 3 is 2.30 bits per heavy atom. The number of nitrogens with zero attached hydrogens (tertiary/aromatic N) is 3. The predicted molar refractivity (Wildman–Crippen MR) is 117 cm³/mol. The highest BCUT2D eigenvalue weighted by Crippen LogP contribution is 2.18. The van der Waals surface area contributed by atoms with E-state index in [1.54, 1.807) is 19.0 Å². The minimum atomic E-state index is 0.00826. The van der Waals surface area contributed by atoms with E-state index in [9.17, 15) is 4.79 Å². The summed E-state index contributed by atoms with van der Waals surface area (Å²) in [5.74, 6) is 0.822. The Morgan fingerprint density at radius 1 is 1.03 bits per heavy atom. The van der Waals surface area contributed by atoms with Gasteiger partial charge in [0.25, 0.3) is 0 Å². The van der Waals surface area contributed by atoms with Gasteiger partial charge in [0.2, 0.25) is 5.91 Å². The number of aliphatic imine (C=N–C) groups is 1. The topological polar surface area (TPSA) is 75.6 Å². The summed E-state index contributed by atoms with van der Waals surface area (Å²) in [6.07, 6.45) is 9.68. The van der Waals surface area contributed by atoms with Gasteiger partial charge < -0.3 is 29.3 Å². The quantitative estimate of drug-likeness (QED) is 0.495. The van der Waals surface area contributed by atoms with Gasteiger partial charge in [-0.1, -0.05) is 0 Å². The molecule has 0 spiro atoms. The molecule has 3 saturated heterocycles. The first-order valence-electron chi connectivity index (χ1n) is 11.7. The first kappa shape index (κ1) is 23.3. The summed E-state index contributed by atoms with van der Waals surface area (Å²) in [5, 5.41) is 3.47. The van der Waals surface area contributed by atoms with E-state index in [1.807, 2.05) is 0 Å².